The fourth-order valence-electron chi connectivity index (χ4n) is 4.95. The molecule has 1 nitrogen and oxygen atoms in total. The van der Waals surface area contributed by atoms with E-state index in [2.05, 4.69) is 142 Å². The number of nitrogens with one attached hydrogen (secondary N) is 1. The number of benzene rings is 4. The average Bonchev–Trinajstić information content (AvgIpc) is 2.83. The SMILES string of the molecule is C/C(=C/C(=S)c1c(C)cc(C)cc1C)N[Si](c1ccccc1)(c1ccccc1)c1ccccc1. The fraction of sp³-hybridized carbons (Fsp3) is 0.129. The number of thiocarbonyl (C=S) groups is 1. The van der Waals surface area contributed by atoms with Gasteiger partial charge in [0, 0.05) is 10.6 Å². The number of rotatable bonds is 7. The third kappa shape index (κ3) is 4.81. The summed E-state index contributed by atoms with van der Waals surface area (Å²) in [6.07, 6.45) is 2.14. The summed E-state index contributed by atoms with van der Waals surface area (Å²) < 4.78 is 0. The summed E-state index contributed by atoms with van der Waals surface area (Å²) in [5.41, 5.74) is 5.96. The van der Waals surface area contributed by atoms with Crippen molar-refractivity contribution in [2.24, 2.45) is 0 Å². The molecule has 4 rings (SSSR count). The summed E-state index contributed by atoms with van der Waals surface area (Å²) >= 11 is 5.95. The van der Waals surface area contributed by atoms with Gasteiger partial charge in [0.2, 0.25) is 8.24 Å². The van der Waals surface area contributed by atoms with Crippen LogP contribution in [0.25, 0.3) is 0 Å². The van der Waals surface area contributed by atoms with E-state index in [1.54, 1.807) is 0 Å². The summed E-state index contributed by atoms with van der Waals surface area (Å²) in [4.78, 5) is 4.92. The number of aryl methyl sites for hydroxylation is 3. The summed E-state index contributed by atoms with van der Waals surface area (Å²) in [5, 5.41) is 3.94. The molecule has 0 amide bonds. The van der Waals surface area contributed by atoms with Crippen LogP contribution in [0.5, 0.6) is 0 Å². The minimum Gasteiger partial charge on any atom is -0.404 e. The molecule has 0 saturated heterocycles. The Bertz CT molecular complexity index is 1190. The summed E-state index contributed by atoms with van der Waals surface area (Å²) in [5.74, 6) is 0. The van der Waals surface area contributed by atoms with Crippen molar-refractivity contribution in [3.63, 3.8) is 0 Å². The second-order valence-electron chi connectivity index (χ2n) is 8.94. The largest absolute Gasteiger partial charge is 0.404 e. The summed E-state index contributed by atoms with van der Waals surface area (Å²) in [7, 11) is -2.57. The molecule has 0 spiro atoms. The van der Waals surface area contributed by atoms with E-state index < -0.39 is 8.24 Å². The zero-order valence-electron chi connectivity index (χ0n) is 20.3. The van der Waals surface area contributed by atoms with Gasteiger partial charge in [0.25, 0.3) is 0 Å². The van der Waals surface area contributed by atoms with Crippen molar-refractivity contribution < 1.29 is 0 Å². The molecular formula is C31H31NSSi. The van der Waals surface area contributed by atoms with Crippen molar-refractivity contribution in [2.45, 2.75) is 27.7 Å². The van der Waals surface area contributed by atoms with Crippen LogP contribution < -0.4 is 20.5 Å². The Hall–Kier alpha value is -3.27. The highest BCUT2D eigenvalue weighted by atomic mass is 32.1. The lowest BCUT2D eigenvalue weighted by molar-refractivity contribution is 1.14. The number of hydrogen-bond donors (Lipinski definition) is 1. The Morgan fingerprint density at radius 1 is 0.676 bits per heavy atom. The van der Waals surface area contributed by atoms with Gasteiger partial charge in [-0.1, -0.05) is 121 Å². The molecule has 170 valence electrons. The van der Waals surface area contributed by atoms with Crippen LogP contribution in [0.2, 0.25) is 0 Å². The standard InChI is InChI=1S/C31H31NSSi/c1-23-20-24(2)31(25(3)21-23)30(33)22-26(4)32-34(27-14-8-5-9-15-27,28-16-10-6-11-17-28)29-18-12-7-13-19-29/h5-22,32H,1-4H3/b26-22-. The molecular weight excluding hydrogens is 447 g/mol. The minimum atomic E-state index is -2.57. The highest BCUT2D eigenvalue weighted by Gasteiger charge is 2.40. The van der Waals surface area contributed by atoms with Crippen LogP contribution in [0.4, 0.5) is 0 Å². The summed E-state index contributed by atoms with van der Waals surface area (Å²) in [6.45, 7) is 8.57. The van der Waals surface area contributed by atoms with Crippen LogP contribution >= 0.6 is 12.2 Å². The highest BCUT2D eigenvalue weighted by molar-refractivity contribution is 7.81. The first-order valence-electron chi connectivity index (χ1n) is 11.7. The van der Waals surface area contributed by atoms with Gasteiger partial charge < -0.3 is 4.98 Å². The van der Waals surface area contributed by atoms with Gasteiger partial charge in [-0.15, -0.1) is 0 Å². The van der Waals surface area contributed by atoms with Crippen LogP contribution in [0.3, 0.4) is 0 Å². The topological polar surface area (TPSA) is 12.0 Å². The van der Waals surface area contributed by atoms with E-state index >= 15 is 0 Å². The first-order valence-corrected chi connectivity index (χ1v) is 14.1. The van der Waals surface area contributed by atoms with Gasteiger partial charge in [-0.2, -0.15) is 0 Å². The monoisotopic (exact) mass is 477 g/mol. The molecule has 0 aromatic heterocycles. The molecule has 0 bridgehead atoms. The smallest absolute Gasteiger partial charge is 0.250 e. The van der Waals surface area contributed by atoms with Gasteiger partial charge >= 0.3 is 0 Å². The molecule has 0 radical (unpaired) electrons. The van der Waals surface area contributed by atoms with E-state index in [1.165, 1.54) is 32.3 Å². The van der Waals surface area contributed by atoms with E-state index in [9.17, 15) is 0 Å². The van der Waals surface area contributed by atoms with Gasteiger partial charge in [-0.05, 0) is 66.0 Å². The Morgan fingerprint density at radius 3 is 1.44 bits per heavy atom. The quantitative estimate of drug-likeness (QED) is 0.124. The van der Waals surface area contributed by atoms with Crippen LogP contribution in [0.15, 0.2) is 115 Å². The molecule has 0 unspecified atom stereocenters. The van der Waals surface area contributed by atoms with E-state index in [0.29, 0.717) is 0 Å². The highest BCUT2D eigenvalue weighted by Crippen LogP contribution is 2.19. The predicted molar refractivity (Wildman–Crippen MR) is 153 cm³/mol. The molecule has 0 atom stereocenters. The van der Waals surface area contributed by atoms with Crippen molar-refractivity contribution in [1.29, 1.82) is 0 Å². The van der Waals surface area contributed by atoms with Gasteiger partial charge in [0.05, 0.1) is 0 Å². The van der Waals surface area contributed by atoms with Crippen LogP contribution in [-0.2, 0) is 0 Å². The van der Waals surface area contributed by atoms with E-state index in [4.69, 9.17) is 12.2 Å². The number of allylic oxidation sites excluding steroid dienone is 2. The normalized spacial score (nSPS) is 11.8. The Labute approximate surface area is 210 Å². The van der Waals surface area contributed by atoms with Crippen molar-refractivity contribution >= 4 is 40.9 Å². The first kappa shape index (κ1) is 23.9. The first-order chi connectivity index (χ1) is 16.4. The predicted octanol–water partition coefficient (Wildman–Crippen LogP) is 5.49. The molecule has 0 heterocycles. The van der Waals surface area contributed by atoms with Gasteiger partial charge in [0.1, 0.15) is 0 Å². The maximum Gasteiger partial charge on any atom is 0.250 e. The zero-order chi connectivity index (χ0) is 24.1. The molecule has 0 saturated carbocycles. The van der Waals surface area contributed by atoms with Crippen LogP contribution in [0.1, 0.15) is 29.2 Å². The Morgan fingerprint density at radius 2 is 1.06 bits per heavy atom. The lowest BCUT2D eigenvalue weighted by Crippen LogP contribution is -2.75. The molecule has 34 heavy (non-hydrogen) atoms. The fourth-order valence-corrected chi connectivity index (χ4v) is 9.62. The van der Waals surface area contributed by atoms with Gasteiger partial charge in [-0.25, -0.2) is 0 Å². The van der Waals surface area contributed by atoms with Crippen molar-refractivity contribution in [1.82, 2.24) is 4.98 Å². The molecule has 0 fully saturated rings. The molecule has 0 aliphatic carbocycles. The second-order valence-corrected chi connectivity index (χ2v) is 12.9. The molecule has 1 N–H and O–H groups in total. The lowest BCUT2D eigenvalue weighted by Gasteiger charge is -2.35. The molecule has 3 heteroatoms. The second kappa shape index (κ2) is 10.3. The molecule has 0 aliphatic heterocycles. The third-order valence-electron chi connectivity index (χ3n) is 6.28. The van der Waals surface area contributed by atoms with E-state index in [0.717, 1.165) is 16.1 Å². The van der Waals surface area contributed by atoms with Crippen LogP contribution in [0, 0.1) is 20.8 Å². The van der Waals surface area contributed by atoms with Gasteiger partial charge in [0.15, 0.2) is 0 Å². The maximum atomic E-state index is 5.95. The van der Waals surface area contributed by atoms with Crippen molar-refractivity contribution in [2.75, 3.05) is 0 Å². The average molecular weight is 478 g/mol. The van der Waals surface area contributed by atoms with Gasteiger partial charge in [-0.3, -0.25) is 0 Å². The molecule has 4 aromatic carbocycles. The Balaban J connectivity index is 1.86. The van der Waals surface area contributed by atoms with E-state index in [1.807, 2.05) is 0 Å². The van der Waals surface area contributed by atoms with Crippen molar-refractivity contribution in [3.8, 4) is 0 Å². The van der Waals surface area contributed by atoms with Crippen LogP contribution in [-0.4, -0.2) is 13.1 Å². The Kier molecular flexibility index (Phi) is 7.25. The molecule has 4 aromatic rings. The summed E-state index contributed by atoms with van der Waals surface area (Å²) in [6, 6.07) is 37.0. The molecule has 0 aliphatic rings. The minimum absolute atomic E-state index is 0.872. The third-order valence-corrected chi connectivity index (χ3v) is 11.0. The zero-order valence-corrected chi connectivity index (χ0v) is 22.1. The van der Waals surface area contributed by atoms with Crippen molar-refractivity contribution in [3.05, 3.63) is 137 Å². The maximum absolute atomic E-state index is 5.95. The lowest BCUT2D eigenvalue weighted by atomic mass is 9.97. The number of hydrogen-bond acceptors (Lipinski definition) is 2. The van der Waals surface area contributed by atoms with E-state index in [-0.39, 0.29) is 0 Å².